The number of rotatable bonds is 23. The number of hydrogen-bond donors (Lipinski definition) is 2. The van der Waals surface area contributed by atoms with Crippen LogP contribution in [0, 0.1) is 0 Å². The molecule has 0 fully saturated rings. The molecule has 14 heteroatoms. The lowest BCUT2D eigenvalue weighted by molar-refractivity contribution is -0.164. The van der Waals surface area contributed by atoms with Gasteiger partial charge in [-0.05, 0) is 83.1 Å². The molecule has 0 bridgehead atoms. The van der Waals surface area contributed by atoms with Gasteiger partial charge in [-0.2, -0.15) is 0 Å². The van der Waals surface area contributed by atoms with Gasteiger partial charge in [0.15, 0.2) is 0 Å². The third-order valence-corrected chi connectivity index (χ3v) is 5.35. The summed E-state index contributed by atoms with van der Waals surface area (Å²) in [5, 5.41) is 6.04. The highest BCUT2D eigenvalue weighted by molar-refractivity contribution is 5.83. The molecule has 0 saturated heterocycles. The van der Waals surface area contributed by atoms with Gasteiger partial charge in [-0.15, -0.1) is 0 Å². The highest BCUT2D eigenvalue weighted by Gasteiger charge is 2.30. The van der Waals surface area contributed by atoms with Crippen molar-refractivity contribution in [3.8, 4) is 0 Å². The Morgan fingerprint density at radius 3 is 0.917 bits per heavy atom. The van der Waals surface area contributed by atoms with Crippen molar-refractivity contribution < 1.29 is 57.1 Å². The second-order valence-electron chi connectivity index (χ2n) is 15.1. The standard InChI is InChI=1S/C34H64N2O12/c1-31(2,3)45-27(37)23-25(29(39)47-33(7,8)9)35-13-15-41-17-19-43-21-22-44-20-18-42-16-14-36-26(30(40)48-34(10,11)12)24-28(38)46-32(4,5)6/h25-26,35-36H,13-24H2,1-12H3/t25-,26-/m0/s1. The summed E-state index contributed by atoms with van der Waals surface area (Å²) in [6.45, 7) is 24.6. The molecular weight excluding hydrogens is 628 g/mol. The quantitative estimate of drug-likeness (QED) is 0.0911. The average molecular weight is 693 g/mol. The Hall–Kier alpha value is -2.36. The van der Waals surface area contributed by atoms with Crippen molar-refractivity contribution in [2.45, 2.75) is 130 Å². The second kappa shape index (κ2) is 22.4. The molecular formula is C34H64N2O12. The van der Waals surface area contributed by atoms with Crippen LogP contribution in [0.4, 0.5) is 0 Å². The third kappa shape index (κ3) is 28.6. The molecule has 0 amide bonds. The first kappa shape index (κ1) is 45.6. The summed E-state index contributed by atoms with van der Waals surface area (Å²) in [7, 11) is 0. The van der Waals surface area contributed by atoms with E-state index in [4.69, 9.17) is 37.9 Å². The Labute approximate surface area is 287 Å². The van der Waals surface area contributed by atoms with Crippen molar-refractivity contribution in [3.05, 3.63) is 0 Å². The summed E-state index contributed by atoms with van der Waals surface area (Å²) in [4.78, 5) is 49.7. The van der Waals surface area contributed by atoms with Gasteiger partial charge in [-0.3, -0.25) is 19.2 Å². The molecule has 14 nitrogen and oxygen atoms in total. The summed E-state index contributed by atoms with van der Waals surface area (Å²) in [5.41, 5.74) is -2.68. The SMILES string of the molecule is CC(C)(C)OC(=O)C[C@H](NCCOCCOCCOCCOCCN[C@@H](CC(=O)OC(C)(C)C)C(=O)OC(C)(C)C)C(=O)OC(C)(C)C. The number of esters is 4. The summed E-state index contributed by atoms with van der Waals surface area (Å²) in [6, 6.07) is -1.70. The number of carbonyl (C=O) groups is 4. The van der Waals surface area contributed by atoms with E-state index in [-0.39, 0.29) is 12.8 Å². The number of carbonyl (C=O) groups excluding carboxylic acids is 4. The lowest BCUT2D eigenvalue weighted by Crippen LogP contribution is -2.44. The Balaban J connectivity index is 4.13. The molecule has 0 saturated carbocycles. The van der Waals surface area contributed by atoms with E-state index in [1.165, 1.54) is 0 Å². The molecule has 0 aromatic rings. The maximum absolute atomic E-state index is 12.6. The molecule has 2 atom stereocenters. The van der Waals surface area contributed by atoms with E-state index in [1.54, 1.807) is 83.1 Å². The van der Waals surface area contributed by atoms with Crippen LogP contribution >= 0.6 is 0 Å². The summed E-state index contributed by atoms with van der Waals surface area (Å²) in [6.07, 6.45) is -0.302. The van der Waals surface area contributed by atoms with E-state index in [0.717, 1.165) is 0 Å². The molecule has 282 valence electrons. The monoisotopic (exact) mass is 692 g/mol. The van der Waals surface area contributed by atoms with Gasteiger partial charge in [0, 0.05) is 13.1 Å². The highest BCUT2D eigenvalue weighted by atomic mass is 16.6. The minimum atomic E-state index is -0.852. The van der Waals surface area contributed by atoms with Crippen molar-refractivity contribution >= 4 is 23.9 Å². The normalized spacial score (nSPS) is 13.8. The lowest BCUT2D eigenvalue weighted by atomic mass is 10.1. The topological polar surface area (TPSA) is 166 Å². The smallest absolute Gasteiger partial charge is 0.324 e. The zero-order chi connectivity index (χ0) is 37.0. The Morgan fingerprint density at radius 1 is 0.417 bits per heavy atom. The van der Waals surface area contributed by atoms with E-state index in [9.17, 15) is 19.2 Å². The van der Waals surface area contributed by atoms with Crippen molar-refractivity contribution in [3.63, 3.8) is 0 Å². The largest absolute Gasteiger partial charge is 0.460 e. The van der Waals surface area contributed by atoms with Crippen LogP contribution in [-0.2, 0) is 57.1 Å². The zero-order valence-electron chi connectivity index (χ0n) is 31.5. The lowest BCUT2D eigenvalue weighted by Gasteiger charge is -2.25. The third-order valence-electron chi connectivity index (χ3n) is 5.35. The summed E-state index contributed by atoms with van der Waals surface area (Å²) in [5.74, 6) is -2.04. The van der Waals surface area contributed by atoms with Crippen LogP contribution in [0.15, 0.2) is 0 Å². The number of nitrogens with one attached hydrogen (secondary N) is 2. The van der Waals surface area contributed by atoms with Gasteiger partial charge in [0.25, 0.3) is 0 Å². The van der Waals surface area contributed by atoms with Gasteiger partial charge < -0.3 is 48.5 Å². The van der Waals surface area contributed by atoms with E-state index < -0.39 is 58.4 Å². The van der Waals surface area contributed by atoms with Crippen LogP contribution in [0.2, 0.25) is 0 Å². The van der Waals surface area contributed by atoms with E-state index in [2.05, 4.69) is 10.6 Å². The van der Waals surface area contributed by atoms with E-state index >= 15 is 0 Å². The van der Waals surface area contributed by atoms with Gasteiger partial charge >= 0.3 is 23.9 Å². The van der Waals surface area contributed by atoms with Crippen LogP contribution in [0.5, 0.6) is 0 Å². The molecule has 0 aliphatic carbocycles. The van der Waals surface area contributed by atoms with E-state index in [1.807, 2.05) is 0 Å². The fourth-order valence-corrected chi connectivity index (χ4v) is 3.70. The Morgan fingerprint density at radius 2 is 0.667 bits per heavy atom. The fraction of sp³-hybridized carbons (Fsp3) is 0.882. The molecule has 0 radical (unpaired) electrons. The highest BCUT2D eigenvalue weighted by Crippen LogP contribution is 2.14. The first-order valence-corrected chi connectivity index (χ1v) is 16.6. The van der Waals surface area contributed by atoms with Crippen molar-refractivity contribution in [1.82, 2.24) is 10.6 Å². The number of ether oxygens (including phenoxy) is 8. The van der Waals surface area contributed by atoms with Gasteiger partial charge in [0.1, 0.15) is 34.5 Å². The van der Waals surface area contributed by atoms with Gasteiger partial charge in [0.2, 0.25) is 0 Å². The van der Waals surface area contributed by atoms with Crippen LogP contribution in [-0.4, -0.2) is 124 Å². The van der Waals surface area contributed by atoms with Crippen LogP contribution < -0.4 is 10.6 Å². The van der Waals surface area contributed by atoms with Crippen LogP contribution in [0.25, 0.3) is 0 Å². The van der Waals surface area contributed by atoms with Crippen molar-refractivity contribution in [2.24, 2.45) is 0 Å². The van der Waals surface area contributed by atoms with Gasteiger partial charge in [-0.25, -0.2) is 0 Å². The molecule has 0 spiro atoms. The predicted molar refractivity (Wildman–Crippen MR) is 179 cm³/mol. The first-order valence-electron chi connectivity index (χ1n) is 16.6. The minimum absolute atomic E-state index is 0.151. The Bertz CT molecular complexity index is 870. The van der Waals surface area contributed by atoms with Crippen molar-refractivity contribution in [1.29, 1.82) is 0 Å². The first-order chi connectivity index (χ1) is 22.0. The molecule has 0 unspecified atom stereocenters. The summed E-state index contributed by atoms with van der Waals surface area (Å²) < 4.78 is 43.7. The zero-order valence-corrected chi connectivity index (χ0v) is 31.5. The van der Waals surface area contributed by atoms with Crippen LogP contribution in [0.1, 0.15) is 95.9 Å². The molecule has 0 rings (SSSR count). The molecule has 0 aliphatic rings. The Kier molecular flexibility index (Phi) is 21.3. The maximum Gasteiger partial charge on any atom is 0.324 e. The second-order valence-corrected chi connectivity index (χ2v) is 15.1. The molecule has 48 heavy (non-hydrogen) atoms. The molecule has 0 aromatic heterocycles. The van der Waals surface area contributed by atoms with Gasteiger partial charge in [0.05, 0.1) is 65.7 Å². The maximum atomic E-state index is 12.6. The van der Waals surface area contributed by atoms with Crippen molar-refractivity contribution in [2.75, 3.05) is 65.9 Å². The fourth-order valence-electron chi connectivity index (χ4n) is 3.70. The average Bonchev–Trinajstić information content (AvgIpc) is 2.87. The van der Waals surface area contributed by atoms with E-state index in [0.29, 0.717) is 65.9 Å². The van der Waals surface area contributed by atoms with Crippen LogP contribution in [0.3, 0.4) is 0 Å². The molecule has 0 heterocycles. The minimum Gasteiger partial charge on any atom is -0.460 e. The number of hydrogen-bond acceptors (Lipinski definition) is 14. The molecule has 2 N–H and O–H groups in total. The summed E-state index contributed by atoms with van der Waals surface area (Å²) >= 11 is 0. The molecule has 0 aliphatic heterocycles. The predicted octanol–water partition coefficient (Wildman–Crippen LogP) is 3.12. The molecule has 0 aromatic carbocycles. The van der Waals surface area contributed by atoms with Gasteiger partial charge in [-0.1, -0.05) is 0 Å².